The Labute approximate surface area is 177 Å². The first kappa shape index (κ1) is 19.5. The summed E-state index contributed by atoms with van der Waals surface area (Å²) in [7, 11) is 0. The van der Waals surface area contributed by atoms with E-state index >= 15 is 0 Å². The van der Waals surface area contributed by atoms with Crippen LogP contribution in [-0.4, -0.2) is 22.7 Å². The van der Waals surface area contributed by atoms with Crippen molar-refractivity contribution in [1.82, 2.24) is 9.78 Å². The van der Waals surface area contributed by atoms with Crippen molar-refractivity contribution in [3.05, 3.63) is 72.3 Å². The predicted octanol–water partition coefficient (Wildman–Crippen LogP) is 6.34. The van der Waals surface area contributed by atoms with Crippen LogP contribution in [0.5, 0.6) is 5.75 Å². The van der Waals surface area contributed by atoms with Crippen LogP contribution in [0.25, 0.3) is 27.7 Å². The smallest absolute Gasteiger partial charge is 0.406 e. The number of halogens is 3. The van der Waals surface area contributed by atoms with Gasteiger partial charge in [-0.2, -0.15) is 5.10 Å². The zero-order chi connectivity index (χ0) is 21.4. The summed E-state index contributed by atoms with van der Waals surface area (Å²) in [5.74, 6) is 0.641. The first-order valence-electron chi connectivity index (χ1n) is 10.2. The molecule has 0 atom stereocenters. The molecule has 1 aromatic heterocycles. The molecule has 0 saturated carbocycles. The average molecular weight is 423 g/mol. The summed E-state index contributed by atoms with van der Waals surface area (Å²) < 4.78 is 43.2. The molecule has 0 fully saturated rings. The lowest BCUT2D eigenvalue weighted by atomic mass is 10.0. The third-order valence-electron chi connectivity index (χ3n) is 5.47. The van der Waals surface area contributed by atoms with Crippen molar-refractivity contribution in [3.8, 4) is 22.7 Å². The molecule has 1 aliphatic rings. The van der Waals surface area contributed by atoms with Crippen LogP contribution < -0.4 is 10.1 Å². The Morgan fingerprint density at radius 2 is 1.68 bits per heavy atom. The number of fused-ring (bicyclic) bond motifs is 2. The van der Waals surface area contributed by atoms with E-state index in [1.165, 1.54) is 12.1 Å². The topological polar surface area (TPSA) is 39.1 Å². The van der Waals surface area contributed by atoms with Crippen molar-refractivity contribution in [3.63, 3.8) is 0 Å². The van der Waals surface area contributed by atoms with Gasteiger partial charge in [-0.1, -0.05) is 36.4 Å². The molecule has 5 rings (SSSR count). The molecule has 0 bridgehead atoms. The van der Waals surface area contributed by atoms with E-state index in [9.17, 15) is 13.2 Å². The molecule has 0 amide bonds. The van der Waals surface area contributed by atoms with E-state index in [1.54, 1.807) is 16.8 Å². The molecule has 31 heavy (non-hydrogen) atoms. The first-order chi connectivity index (χ1) is 15.0. The Balaban J connectivity index is 1.59. The second-order valence-corrected chi connectivity index (χ2v) is 7.58. The van der Waals surface area contributed by atoms with Crippen molar-refractivity contribution >= 4 is 16.6 Å². The molecule has 0 aliphatic carbocycles. The molecule has 7 heteroatoms. The summed E-state index contributed by atoms with van der Waals surface area (Å²) in [5, 5.41) is 10.6. The Morgan fingerprint density at radius 1 is 0.903 bits per heavy atom. The normalized spacial score (nSPS) is 14.0. The number of hydrogen-bond acceptors (Lipinski definition) is 3. The van der Waals surface area contributed by atoms with Crippen molar-refractivity contribution in [1.29, 1.82) is 0 Å². The molecule has 0 unspecified atom stereocenters. The minimum Gasteiger partial charge on any atom is -0.406 e. The lowest BCUT2D eigenvalue weighted by Gasteiger charge is -2.11. The number of nitrogens with one attached hydrogen (secondary N) is 1. The largest absolute Gasteiger partial charge is 0.573 e. The van der Waals surface area contributed by atoms with Crippen LogP contribution in [-0.2, 0) is 6.42 Å². The number of nitrogens with zero attached hydrogens (tertiary/aromatic N) is 2. The van der Waals surface area contributed by atoms with E-state index in [2.05, 4.69) is 40.4 Å². The van der Waals surface area contributed by atoms with Crippen LogP contribution in [0, 0.1) is 0 Å². The average Bonchev–Trinajstić information content (AvgIpc) is 2.94. The van der Waals surface area contributed by atoms with Crippen molar-refractivity contribution in [2.24, 2.45) is 0 Å². The quantitative estimate of drug-likeness (QED) is 0.418. The predicted molar refractivity (Wildman–Crippen MR) is 115 cm³/mol. The molecular formula is C24H20F3N3O. The van der Waals surface area contributed by atoms with Gasteiger partial charge in [0.25, 0.3) is 0 Å². The van der Waals surface area contributed by atoms with Crippen LogP contribution in [0.3, 0.4) is 0 Å². The lowest BCUT2D eigenvalue weighted by Crippen LogP contribution is -2.17. The van der Waals surface area contributed by atoms with E-state index in [0.29, 0.717) is 5.69 Å². The third kappa shape index (κ3) is 3.95. The molecule has 1 aliphatic heterocycles. The van der Waals surface area contributed by atoms with E-state index in [4.69, 9.17) is 5.10 Å². The number of aromatic nitrogens is 2. The highest BCUT2D eigenvalue weighted by atomic mass is 19.4. The number of benzene rings is 3. The molecular weight excluding hydrogens is 403 g/mol. The second kappa shape index (κ2) is 7.65. The minimum atomic E-state index is -4.71. The highest BCUT2D eigenvalue weighted by Crippen LogP contribution is 2.35. The maximum Gasteiger partial charge on any atom is 0.573 e. The second-order valence-electron chi connectivity index (χ2n) is 7.58. The molecule has 4 aromatic rings. The summed E-state index contributed by atoms with van der Waals surface area (Å²) in [6.45, 7) is 0.825. The summed E-state index contributed by atoms with van der Waals surface area (Å²) in [4.78, 5) is 0. The molecule has 1 N–H and O–H groups in total. The van der Waals surface area contributed by atoms with Crippen molar-refractivity contribution in [2.45, 2.75) is 25.6 Å². The SMILES string of the molecule is FC(F)(F)Oc1ccc(-n2nc(-c3ccc4ccccc4c3)c3c2NCCCC3)cc1. The summed E-state index contributed by atoms with van der Waals surface area (Å²) >= 11 is 0. The monoisotopic (exact) mass is 423 g/mol. The fourth-order valence-electron chi connectivity index (χ4n) is 4.05. The van der Waals surface area contributed by atoms with Gasteiger partial charge in [0.15, 0.2) is 0 Å². The number of alkyl halides is 3. The molecule has 0 spiro atoms. The zero-order valence-corrected chi connectivity index (χ0v) is 16.6. The molecule has 0 radical (unpaired) electrons. The Hall–Kier alpha value is -3.48. The summed E-state index contributed by atoms with van der Waals surface area (Å²) in [6, 6.07) is 20.3. The lowest BCUT2D eigenvalue weighted by molar-refractivity contribution is -0.274. The van der Waals surface area contributed by atoms with E-state index in [-0.39, 0.29) is 5.75 Å². The number of rotatable bonds is 3. The van der Waals surface area contributed by atoms with Crippen LogP contribution in [0.2, 0.25) is 0 Å². The van der Waals surface area contributed by atoms with E-state index < -0.39 is 6.36 Å². The van der Waals surface area contributed by atoms with Gasteiger partial charge >= 0.3 is 6.36 Å². The Bertz CT molecular complexity index is 1230. The fourth-order valence-corrected chi connectivity index (χ4v) is 4.05. The zero-order valence-electron chi connectivity index (χ0n) is 16.6. The highest BCUT2D eigenvalue weighted by molar-refractivity contribution is 5.87. The van der Waals surface area contributed by atoms with E-state index in [0.717, 1.165) is 59.2 Å². The molecule has 4 nitrogen and oxygen atoms in total. The summed E-state index contributed by atoms with van der Waals surface area (Å²) in [5.41, 5.74) is 3.72. The van der Waals surface area contributed by atoms with Gasteiger partial charge in [-0.3, -0.25) is 0 Å². The van der Waals surface area contributed by atoms with Gasteiger partial charge in [0, 0.05) is 17.7 Å². The minimum absolute atomic E-state index is 0.253. The van der Waals surface area contributed by atoms with Gasteiger partial charge in [0.1, 0.15) is 11.6 Å². The Kier molecular flexibility index (Phi) is 4.81. The number of ether oxygens (including phenoxy) is 1. The van der Waals surface area contributed by atoms with Gasteiger partial charge in [0.2, 0.25) is 0 Å². The third-order valence-corrected chi connectivity index (χ3v) is 5.47. The fraction of sp³-hybridized carbons (Fsp3) is 0.208. The van der Waals surface area contributed by atoms with E-state index in [1.807, 2.05) is 12.1 Å². The van der Waals surface area contributed by atoms with Crippen LogP contribution >= 0.6 is 0 Å². The molecule has 2 heterocycles. The maximum atomic E-state index is 12.5. The standard InChI is InChI=1S/C24H20F3N3O/c25-24(26,27)31-20-12-10-19(11-13-20)30-23-21(7-3-4-14-28-23)22(29-30)18-9-8-16-5-1-2-6-17(16)15-18/h1-2,5-6,8-13,15,28H,3-4,7,14H2. The number of anilines is 1. The van der Waals surface area contributed by atoms with Gasteiger partial charge in [-0.25, -0.2) is 4.68 Å². The van der Waals surface area contributed by atoms with Crippen molar-refractivity contribution < 1.29 is 17.9 Å². The van der Waals surface area contributed by atoms with Gasteiger partial charge in [-0.15, -0.1) is 13.2 Å². The van der Waals surface area contributed by atoms with Crippen molar-refractivity contribution in [2.75, 3.05) is 11.9 Å². The van der Waals surface area contributed by atoms with Crippen LogP contribution in [0.1, 0.15) is 18.4 Å². The maximum absolute atomic E-state index is 12.5. The summed E-state index contributed by atoms with van der Waals surface area (Å²) in [6.07, 6.45) is -1.73. The molecule has 0 saturated heterocycles. The number of hydrogen-bond donors (Lipinski definition) is 1. The Morgan fingerprint density at radius 3 is 2.45 bits per heavy atom. The van der Waals surface area contributed by atoms with Gasteiger partial charge in [-0.05, 0) is 60.4 Å². The van der Waals surface area contributed by atoms with Crippen LogP contribution in [0.4, 0.5) is 19.0 Å². The van der Waals surface area contributed by atoms with Gasteiger partial charge in [0.05, 0.1) is 11.4 Å². The first-order valence-corrected chi connectivity index (χ1v) is 10.2. The molecule has 158 valence electrons. The van der Waals surface area contributed by atoms with Crippen LogP contribution in [0.15, 0.2) is 66.7 Å². The van der Waals surface area contributed by atoms with Gasteiger partial charge < -0.3 is 10.1 Å². The molecule has 3 aromatic carbocycles. The highest BCUT2D eigenvalue weighted by Gasteiger charge is 2.31.